The van der Waals surface area contributed by atoms with Gasteiger partial charge in [0.1, 0.15) is 11.5 Å². The van der Waals surface area contributed by atoms with E-state index in [2.05, 4.69) is 10.5 Å². The molecule has 0 unspecified atom stereocenters. The van der Waals surface area contributed by atoms with E-state index >= 15 is 0 Å². The fourth-order valence-corrected chi connectivity index (χ4v) is 2.81. The molecule has 6 heteroatoms. The van der Waals surface area contributed by atoms with E-state index in [0.29, 0.717) is 31.6 Å². The van der Waals surface area contributed by atoms with Crippen LogP contribution in [0.4, 0.5) is 0 Å². The molecule has 0 aliphatic rings. The molecule has 3 rings (SSSR count). The number of benzene rings is 2. The number of carbonyl (C=O) groups is 1. The molecule has 1 amide bonds. The molecule has 0 aliphatic heterocycles. The Hall–Kier alpha value is -3.28. The fourth-order valence-electron chi connectivity index (χ4n) is 2.81. The van der Waals surface area contributed by atoms with Crippen molar-refractivity contribution >= 4 is 5.91 Å². The normalized spacial score (nSPS) is 10.5. The first-order valence-electron chi connectivity index (χ1n) is 9.17. The molecule has 1 heterocycles. The number of carbonyl (C=O) groups excluding carboxylic acids is 1. The number of nitrogens with one attached hydrogen (secondary N) is 1. The van der Waals surface area contributed by atoms with E-state index in [4.69, 9.17) is 14.0 Å². The monoisotopic (exact) mass is 380 g/mol. The van der Waals surface area contributed by atoms with Gasteiger partial charge in [-0.25, -0.2) is 0 Å². The highest BCUT2D eigenvalue weighted by Gasteiger charge is 2.09. The van der Waals surface area contributed by atoms with E-state index in [1.807, 2.05) is 54.6 Å². The van der Waals surface area contributed by atoms with Crippen LogP contribution in [-0.2, 0) is 17.6 Å². The molecule has 146 valence electrons. The van der Waals surface area contributed by atoms with Gasteiger partial charge >= 0.3 is 0 Å². The van der Waals surface area contributed by atoms with Gasteiger partial charge in [0.25, 0.3) is 0 Å². The van der Waals surface area contributed by atoms with Crippen LogP contribution in [0.5, 0.6) is 11.5 Å². The second-order valence-electron chi connectivity index (χ2n) is 6.36. The highest BCUT2D eigenvalue weighted by molar-refractivity contribution is 5.76. The lowest BCUT2D eigenvalue weighted by molar-refractivity contribution is -0.121. The highest BCUT2D eigenvalue weighted by atomic mass is 16.5. The Morgan fingerprint density at radius 1 is 1.00 bits per heavy atom. The van der Waals surface area contributed by atoms with Crippen LogP contribution in [0, 0.1) is 0 Å². The maximum atomic E-state index is 12.0. The largest absolute Gasteiger partial charge is 0.497 e. The van der Waals surface area contributed by atoms with Crippen LogP contribution >= 0.6 is 0 Å². The van der Waals surface area contributed by atoms with E-state index in [9.17, 15) is 4.79 Å². The Morgan fingerprint density at radius 2 is 1.79 bits per heavy atom. The van der Waals surface area contributed by atoms with Crippen molar-refractivity contribution in [1.29, 1.82) is 0 Å². The van der Waals surface area contributed by atoms with Gasteiger partial charge in [-0.05, 0) is 36.2 Å². The maximum Gasteiger partial charge on any atom is 0.220 e. The summed E-state index contributed by atoms with van der Waals surface area (Å²) in [7, 11) is 3.26. The predicted octanol–water partition coefficient (Wildman–Crippen LogP) is 3.65. The van der Waals surface area contributed by atoms with E-state index in [-0.39, 0.29) is 5.91 Å². The molecule has 0 atom stereocenters. The van der Waals surface area contributed by atoms with Crippen LogP contribution in [0.15, 0.2) is 59.1 Å². The summed E-state index contributed by atoms with van der Waals surface area (Å²) in [5.74, 6) is 2.28. The maximum absolute atomic E-state index is 12.0. The lowest BCUT2D eigenvalue weighted by atomic mass is 10.1. The summed E-state index contributed by atoms with van der Waals surface area (Å²) in [6.45, 7) is 0.519. The molecule has 2 aromatic carbocycles. The van der Waals surface area contributed by atoms with Crippen LogP contribution in [-0.4, -0.2) is 31.8 Å². The lowest BCUT2D eigenvalue weighted by Gasteiger charge is -2.05. The number of amides is 1. The quantitative estimate of drug-likeness (QED) is 0.613. The van der Waals surface area contributed by atoms with Gasteiger partial charge in [0.2, 0.25) is 5.91 Å². The second kappa shape index (κ2) is 9.60. The Bertz CT molecular complexity index is 903. The fraction of sp³-hybridized carbons (Fsp3) is 0.273. The number of rotatable bonds is 9. The summed E-state index contributed by atoms with van der Waals surface area (Å²) in [5.41, 5.74) is 2.81. The third-order valence-corrected chi connectivity index (χ3v) is 4.42. The van der Waals surface area contributed by atoms with Crippen molar-refractivity contribution in [2.75, 3.05) is 20.8 Å². The Balaban J connectivity index is 1.43. The number of hydrogen-bond acceptors (Lipinski definition) is 5. The minimum atomic E-state index is 0.0207. The number of aromatic nitrogens is 1. The van der Waals surface area contributed by atoms with E-state index < -0.39 is 0 Å². The summed E-state index contributed by atoms with van der Waals surface area (Å²) >= 11 is 0. The molecule has 0 saturated carbocycles. The molecule has 0 radical (unpaired) electrons. The lowest BCUT2D eigenvalue weighted by Crippen LogP contribution is -2.25. The molecule has 0 spiro atoms. The molecule has 0 saturated heterocycles. The zero-order chi connectivity index (χ0) is 19.8. The van der Waals surface area contributed by atoms with Gasteiger partial charge in [-0.1, -0.05) is 29.4 Å². The first kappa shape index (κ1) is 19.5. The number of ether oxygens (including phenoxy) is 2. The van der Waals surface area contributed by atoms with Crippen molar-refractivity contribution in [3.8, 4) is 22.8 Å². The smallest absolute Gasteiger partial charge is 0.220 e. The van der Waals surface area contributed by atoms with Crippen molar-refractivity contribution in [2.24, 2.45) is 0 Å². The van der Waals surface area contributed by atoms with Crippen molar-refractivity contribution in [3.63, 3.8) is 0 Å². The van der Waals surface area contributed by atoms with Crippen molar-refractivity contribution < 1.29 is 18.8 Å². The van der Waals surface area contributed by atoms with E-state index in [1.165, 1.54) is 0 Å². The molecule has 1 aromatic heterocycles. The number of nitrogens with zero attached hydrogens (tertiary/aromatic N) is 1. The number of aryl methyl sites for hydroxylation is 1. The average Bonchev–Trinajstić information content (AvgIpc) is 3.21. The van der Waals surface area contributed by atoms with E-state index in [1.54, 1.807) is 14.2 Å². The number of methoxy groups -OCH3 is 2. The van der Waals surface area contributed by atoms with Gasteiger partial charge in [0.05, 0.1) is 19.9 Å². The van der Waals surface area contributed by atoms with Crippen LogP contribution in [0.3, 0.4) is 0 Å². The molecule has 0 bridgehead atoms. The first-order valence-corrected chi connectivity index (χ1v) is 9.17. The second-order valence-corrected chi connectivity index (χ2v) is 6.36. The van der Waals surface area contributed by atoms with Gasteiger partial charge in [-0.2, -0.15) is 0 Å². The molecular weight excluding hydrogens is 356 g/mol. The Kier molecular flexibility index (Phi) is 6.68. The summed E-state index contributed by atoms with van der Waals surface area (Å²) in [6, 6.07) is 17.2. The van der Waals surface area contributed by atoms with Gasteiger partial charge in [-0.15, -0.1) is 0 Å². The molecule has 0 fully saturated rings. The van der Waals surface area contributed by atoms with Gasteiger partial charge < -0.3 is 19.3 Å². The molecule has 1 N–H and O–H groups in total. The van der Waals surface area contributed by atoms with Crippen LogP contribution in [0.25, 0.3) is 11.3 Å². The average molecular weight is 380 g/mol. The van der Waals surface area contributed by atoms with Gasteiger partial charge in [0, 0.05) is 31.0 Å². The summed E-state index contributed by atoms with van der Waals surface area (Å²) in [6.07, 6.45) is 1.75. The first-order chi connectivity index (χ1) is 13.7. The Labute approximate surface area is 164 Å². The van der Waals surface area contributed by atoms with Gasteiger partial charge in [0.15, 0.2) is 5.76 Å². The molecule has 28 heavy (non-hydrogen) atoms. The predicted molar refractivity (Wildman–Crippen MR) is 107 cm³/mol. The van der Waals surface area contributed by atoms with Gasteiger partial charge in [-0.3, -0.25) is 4.79 Å². The molecule has 3 aromatic rings. The third-order valence-electron chi connectivity index (χ3n) is 4.42. The SMILES string of the molecule is COc1ccc(CCC(=O)NCCc2cc(-c3cccc(OC)c3)on2)cc1. The minimum absolute atomic E-state index is 0.0207. The standard InChI is InChI=1S/C22H24N2O4/c1-26-19-9-6-16(7-10-19)8-11-22(25)23-13-12-18-15-21(28-24-18)17-4-3-5-20(14-17)27-2/h3-7,9-10,14-15H,8,11-13H2,1-2H3,(H,23,25). The third kappa shape index (κ3) is 5.36. The van der Waals surface area contributed by atoms with Crippen LogP contribution < -0.4 is 14.8 Å². The highest BCUT2D eigenvalue weighted by Crippen LogP contribution is 2.24. The zero-order valence-corrected chi connectivity index (χ0v) is 16.1. The molecule has 6 nitrogen and oxygen atoms in total. The van der Waals surface area contributed by atoms with Crippen LogP contribution in [0.1, 0.15) is 17.7 Å². The molecular formula is C22H24N2O4. The van der Waals surface area contributed by atoms with Crippen molar-refractivity contribution in [3.05, 3.63) is 65.9 Å². The zero-order valence-electron chi connectivity index (χ0n) is 16.1. The summed E-state index contributed by atoms with van der Waals surface area (Å²) in [5, 5.41) is 7.00. The van der Waals surface area contributed by atoms with E-state index in [0.717, 1.165) is 28.3 Å². The van der Waals surface area contributed by atoms with Crippen molar-refractivity contribution in [1.82, 2.24) is 10.5 Å². The van der Waals surface area contributed by atoms with Crippen LogP contribution in [0.2, 0.25) is 0 Å². The minimum Gasteiger partial charge on any atom is -0.497 e. The Morgan fingerprint density at radius 3 is 2.54 bits per heavy atom. The topological polar surface area (TPSA) is 73.6 Å². The number of hydrogen-bond donors (Lipinski definition) is 1. The van der Waals surface area contributed by atoms with Crippen molar-refractivity contribution in [2.45, 2.75) is 19.3 Å². The molecule has 0 aliphatic carbocycles. The summed E-state index contributed by atoms with van der Waals surface area (Å²) in [4.78, 5) is 12.0. The summed E-state index contributed by atoms with van der Waals surface area (Å²) < 4.78 is 15.8.